The van der Waals surface area contributed by atoms with E-state index >= 15 is 0 Å². The summed E-state index contributed by atoms with van der Waals surface area (Å²) in [7, 11) is 0. The molecule has 0 radical (unpaired) electrons. The Morgan fingerprint density at radius 1 is 0.706 bits per heavy atom. The first-order chi connectivity index (χ1) is 7.85. The summed E-state index contributed by atoms with van der Waals surface area (Å²) in [5, 5.41) is 3.74. The summed E-state index contributed by atoms with van der Waals surface area (Å²) in [5.74, 6) is 0. The van der Waals surface area contributed by atoms with Crippen molar-refractivity contribution < 1.29 is 0 Å². The maximum Gasteiger partial charge on any atom is 0.00670 e. The molecule has 0 atom stereocenters. The fourth-order valence-electron chi connectivity index (χ4n) is 2.11. The Balaban J connectivity index is 0. The lowest BCUT2D eigenvalue weighted by Crippen LogP contribution is -2.29. The Labute approximate surface area is 116 Å². The van der Waals surface area contributed by atoms with Crippen molar-refractivity contribution in [2.45, 2.75) is 91.0 Å². The fraction of sp³-hybridized carbons (Fsp3) is 1.00. The molecule has 17 heavy (non-hydrogen) atoms. The standard InChI is InChI=1S/C15H33N.ClH/c1-4-7-10-12-15(13-11-8-5-2)16-14-9-6-3;/h15-16H,4-14H2,1-3H3;1H. The van der Waals surface area contributed by atoms with Crippen LogP contribution in [0.2, 0.25) is 0 Å². The first-order valence-electron chi connectivity index (χ1n) is 7.58. The minimum atomic E-state index is 0. The summed E-state index contributed by atoms with van der Waals surface area (Å²) in [6.45, 7) is 8.07. The van der Waals surface area contributed by atoms with Crippen molar-refractivity contribution in [3.05, 3.63) is 0 Å². The van der Waals surface area contributed by atoms with E-state index in [4.69, 9.17) is 0 Å². The monoisotopic (exact) mass is 263 g/mol. The fourth-order valence-corrected chi connectivity index (χ4v) is 2.11. The summed E-state index contributed by atoms with van der Waals surface area (Å²) >= 11 is 0. The number of halogens is 1. The van der Waals surface area contributed by atoms with Crippen LogP contribution in [0.4, 0.5) is 0 Å². The molecule has 0 spiro atoms. The molecule has 0 rings (SSSR count). The molecule has 0 unspecified atom stereocenters. The van der Waals surface area contributed by atoms with Gasteiger partial charge in [-0.05, 0) is 25.8 Å². The smallest absolute Gasteiger partial charge is 0.00670 e. The molecule has 2 heteroatoms. The number of hydrogen-bond donors (Lipinski definition) is 1. The van der Waals surface area contributed by atoms with Crippen LogP contribution in [0.25, 0.3) is 0 Å². The highest BCUT2D eigenvalue weighted by molar-refractivity contribution is 5.85. The van der Waals surface area contributed by atoms with E-state index in [-0.39, 0.29) is 12.4 Å². The Bertz CT molecular complexity index is 104. The van der Waals surface area contributed by atoms with E-state index in [1.807, 2.05) is 0 Å². The molecule has 1 nitrogen and oxygen atoms in total. The second-order valence-electron chi connectivity index (χ2n) is 5.00. The van der Waals surface area contributed by atoms with Gasteiger partial charge in [0.2, 0.25) is 0 Å². The molecule has 0 bridgehead atoms. The maximum atomic E-state index is 3.74. The molecule has 0 aromatic rings. The Morgan fingerprint density at radius 2 is 1.18 bits per heavy atom. The van der Waals surface area contributed by atoms with E-state index < -0.39 is 0 Å². The minimum absolute atomic E-state index is 0. The van der Waals surface area contributed by atoms with Gasteiger partial charge in [-0.25, -0.2) is 0 Å². The third-order valence-corrected chi connectivity index (χ3v) is 3.28. The van der Waals surface area contributed by atoms with Gasteiger partial charge in [-0.15, -0.1) is 12.4 Å². The second-order valence-corrected chi connectivity index (χ2v) is 5.00. The van der Waals surface area contributed by atoms with Crippen molar-refractivity contribution in [2.75, 3.05) is 6.54 Å². The molecule has 0 aliphatic heterocycles. The SMILES string of the molecule is CCCCCC(CCCCC)NCCCC.Cl. The molecule has 0 saturated heterocycles. The summed E-state index contributed by atoms with van der Waals surface area (Å²) in [6.07, 6.45) is 13.7. The van der Waals surface area contributed by atoms with Gasteiger partial charge in [-0.1, -0.05) is 65.7 Å². The molecule has 0 amide bonds. The molecule has 0 heterocycles. The molecule has 0 fully saturated rings. The number of nitrogens with one attached hydrogen (secondary N) is 1. The minimum Gasteiger partial charge on any atom is -0.314 e. The summed E-state index contributed by atoms with van der Waals surface area (Å²) in [5.41, 5.74) is 0. The average molecular weight is 264 g/mol. The largest absolute Gasteiger partial charge is 0.314 e. The van der Waals surface area contributed by atoms with Crippen LogP contribution in [0.1, 0.15) is 85.0 Å². The van der Waals surface area contributed by atoms with Gasteiger partial charge in [0.15, 0.2) is 0 Å². The molecule has 0 aromatic heterocycles. The van der Waals surface area contributed by atoms with Crippen molar-refractivity contribution in [3.8, 4) is 0 Å². The van der Waals surface area contributed by atoms with Gasteiger partial charge in [0.05, 0.1) is 0 Å². The molecule has 0 saturated carbocycles. The van der Waals surface area contributed by atoms with Crippen molar-refractivity contribution >= 4 is 12.4 Å². The lowest BCUT2D eigenvalue weighted by Gasteiger charge is -2.18. The van der Waals surface area contributed by atoms with Gasteiger partial charge in [0.1, 0.15) is 0 Å². The van der Waals surface area contributed by atoms with Crippen LogP contribution in [-0.4, -0.2) is 12.6 Å². The van der Waals surface area contributed by atoms with E-state index in [1.54, 1.807) is 0 Å². The van der Waals surface area contributed by atoms with E-state index in [0.29, 0.717) is 0 Å². The van der Waals surface area contributed by atoms with Crippen LogP contribution in [0.5, 0.6) is 0 Å². The van der Waals surface area contributed by atoms with Gasteiger partial charge in [0.25, 0.3) is 0 Å². The van der Waals surface area contributed by atoms with Gasteiger partial charge >= 0.3 is 0 Å². The maximum absolute atomic E-state index is 3.74. The Morgan fingerprint density at radius 3 is 1.59 bits per heavy atom. The summed E-state index contributed by atoms with van der Waals surface area (Å²) < 4.78 is 0. The third kappa shape index (κ3) is 14.2. The van der Waals surface area contributed by atoms with Crippen LogP contribution in [-0.2, 0) is 0 Å². The molecule has 106 valence electrons. The summed E-state index contributed by atoms with van der Waals surface area (Å²) in [6, 6.07) is 0.796. The lowest BCUT2D eigenvalue weighted by atomic mass is 10.0. The van der Waals surface area contributed by atoms with E-state index in [1.165, 1.54) is 70.8 Å². The number of rotatable bonds is 12. The van der Waals surface area contributed by atoms with Crippen LogP contribution in [0.15, 0.2) is 0 Å². The van der Waals surface area contributed by atoms with Crippen molar-refractivity contribution in [1.29, 1.82) is 0 Å². The van der Waals surface area contributed by atoms with Crippen LogP contribution >= 0.6 is 12.4 Å². The number of unbranched alkanes of at least 4 members (excludes halogenated alkanes) is 5. The van der Waals surface area contributed by atoms with Gasteiger partial charge in [-0.2, -0.15) is 0 Å². The Kier molecular flexibility index (Phi) is 18.7. The van der Waals surface area contributed by atoms with Crippen LogP contribution in [0.3, 0.4) is 0 Å². The first kappa shape index (κ1) is 19.6. The predicted octanol–water partition coefficient (Wildman–Crippen LogP) is 5.33. The average Bonchev–Trinajstić information content (AvgIpc) is 2.29. The zero-order valence-corrected chi connectivity index (χ0v) is 13.1. The molecular formula is C15H34ClN. The third-order valence-electron chi connectivity index (χ3n) is 3.28. The second kappa shape index (κ2) is 16.2. The zero-order chi connectivity index (χ0) is 12.1. The quantitative estimate of drug-likeness (QED) is 0.470. The molecule has 0 aliphatic carbocycles. The van der Waals surface area contributed by atoms with Gasteiger partial charge < -0.3 is 5.32 Å². The first-order valence-corrected chi connectivity index (χ1v) is 7.58. The van der Waals surface area contributed by atoms with E-state index in [9.17, 15) is 0 Å². The number of hydrogen-bond acceptors (Lipinski definition) is 1. The van der Waals surface area contributed by atoms with Crippen molar-refractivity contribution in [2.24, 2.45) is 0 Å². The van der Waals surface area contributed by atoms with Crippen LogP contribution < -0.4 is 5.32 Å². The normalized spacial score (nSPS) is 10.6. The highest BCUT2D eigenvalue weighted by atomic mass is 35.5. The van der Waals surface area contributed by atoms with E-state index in [0.717, 1.165) is 6.04 Å². The zero-order valence-electron chi connectivity index (χ0n) is 12.3. The summed E-state index contributed by atoms with van der Waals surface area (Å²) in [4.78, 5) is 0. The predicted molar refractivity (Wildman–Crippen MR) is 82.2 cm³/mol. The van der Waals surface area contributed by atoms with Crippen molar-refractivity contribution in [3.63, 3.8) is 0 Å². The van der Waals surface area contributed by atoms with Gasteiger partial charge in [0, 0.05) is 6.04 Å². The molecule has 1 N–H and O–H groups in total. The van der Waals surface area contributed by atoms with E-state index in [2.05, 4.69) is 26.1 Å². The lowest BCUT2D eigenvalue weighted by molar-refractivity contribution is 0.415. The highest BCUT2D eigenvalue weighted by Gasteiger charge is 2.06. The topological polar surface area (TPSA) is 12.0 Å². The highest BCUT2D eigenvalue weighted by Crippen LogP contribution is 2.11. The molecule has 0 aliphatic rings. The molecular weight excluding hydrogens is 230 g/mol. The van der Waals surface area contributed by atoms with Crippen LogP contribution in [0, 0.1) is 0 Å². The molecule has 0 aromatic carbocycles. The van der Waals surface area contributed by atoms with Crippen molar-refractivity contribution in [1.82, 2.24) is 5.32 Å². The van der Waals surface area contributed by atoms with Gasteiger partial charge in [-0.3, -0.25) is 0 Å². The Hall–Kier alpha value is 0.250.